The molecule has 0 spiro atoms. The number of benzene rings is 1. The molecule has 1 atom stereocenters. The van der Waals surface area contributed by atoms with Crippen LogP contribution in [0.5, 0.6) is 5.75 Å². The Kier molecular flexibility index (Phi) is 3.68. The SMILES string of the molecule is CCOc1ccc(C(C)S(=O)(=O)F)cc1. The third kappa shape index (κ3) is 3.20. The van der Waals surface area contributed by atoms with Gasteiger partial charge >= 0.3 is 10.2 Å². The maximum Gasteiger partial charge on any atom is 0.309 e. The molecule has 0 saturated heterocycles. The lowest BCUT2D eigenvalue weighted by molar-refractivity contribution is 0.340. The number of halogens is 1. The highest BCUT2D eigenvalue weighted by Crippen LogP contribution is 2.24. The highest BCUT2D eigenvalue weighted by atomic mass is 32.3. The first-order chi connectivity index (χ1) is 6.95. The van der Waals surface area contributed by atoms with Crippen molar-refractivity contribution in [2.24, 2.45) is 0 Å². The van der Waals surface area contributed by atoms with E-state index < -0.39 is 15.5 Å². The first-order valence-corrected chi connectivity index (χ1v) is 6.06. The van der Waals surface area contributed by atoms with E-state index in [0.29, 0.717) is 17.9 Å². The summed E-state index contributed by atoms with van der Waals surface area (Å²) in [6.45, 7) is 3.70. The molecule has 0 bridgehead atoms. The summed E-state index contributed by atoms with van der Waals surface area (Å²) in [4.78, 5) is 0. The summed E-state index contributed by atoms with van der Waals surface area (Å²) in [7, 11) is -4.52. The minimum absolute atomic E-state index is 0.418. The van der Waals surface area contributed by atoms with Gasteiger partial charge in [-0.2, -0.15) is 8.42 Å². The molecule has 1 aromatic rings. The van der Waals surface area contributed by atoms with Crippen LogP contribution in [0.1, 0.15) is 24.7 Å². The van der Waals surface area contributed by atoms with E-state index in [2.05, 4.69) is 0 Å². The number of hydrogen-bond donors (Lipinski definition) is 0. The van der Waals surface area contributed by atoms with Crippen LogP contribution < -0.4 is 4.74 Å². The minimum Gasteiger partial charge on any atom is -0.494 e. The third-order valence-corrected chi connectivity index (χ3v) is 3.20. The van der Waals surface area contributed by atoms with Crippen LogP contribution in [0.25, 0.3) is 0 Å². The summed E-state index contributed by atoms with van der Waals surface area (Å²) in [5, 5.41) is -1.13. The molecule has 0 N–H and O–H groups in total. The van der Waals surface area contributed by atoms with E-state index in [-0.39, 0.29) is 0 Å². The second kappa shape index (κ2) is 4.61. The second-order valence-electron chi connectivity index (χ2n) is 3.12. The van der Waals surface area contributed by atoms with E-state index in [0.717, 1.165) is 0 Å². The van der Waals surface area contributed by atoms with Gasteiger partial charge in [0, 0.05) is 0 Å². The maximum atomic E-state index is 12.7. The number of ether oxygens (including phenoxy) is 1. The quantitative estimate of drug-likeness (QED) is 0.749. The molecule has 5 heteroatoms. The van der Waals surface area contributed by atoms with Gasteiger partial charge in [0.1, 0.15) is 11.0 Å². The van der Waals surface area contributed by atoms with Gasteiger partial charge in [0.2, 0.25) is 0 Å². The Morgan fingerprint density at radius 2 is 1.87 bits per heavy atom. The van der Waals surface area contributed by atoms with Crippen molar-refractivity contribution in [1.82, 2.24) is 0 Å². The third-order valence-electron chi connectivity index (χ3n) is 2.08. The van der Waals surface area contributed by atoms with Gasteiger partial charge in [-0.1, -0.05) is 12.1 Å². The minimum atomic E-state index is -4.52. The normalized spacial score (nSPS) is 13.5. The van der Waals surface area contributed by atoms with Crippen LogP contribution in [0.3, 0.4) is 0 Å². The van der Waals surface area contributed by atoms with Gasteiger partial charge in [-0.25, -0.2) is 0 Å². The number of hydrogen-bond acceptors (Lipinski definition) is 3. The summed E-state index contributed by atoms with van der Waals surface area (Å²) in [5.41, 5.74) is 0.418. The Morgan fingerprint density at radius 1 is 1.33 bits per heavy atom. The fourth-order valence-corrected chi connectivity index (χ4v) is 1.65. The summed E-state index contributed by atoms with van der Waals surface area (Å²) in [5.74, 6) is 0.643. The molecule has 3 nitrogen and oxygen atoms in total. The molecule has 0 heterocycles. The van der Waals surface area contributed by atoms with Crippen molar-refractivity contribution in [2.75, 3.05) is 6.61 Å². The molecule has 0 fully saturated rings. The second-order valence-corrected chi connectivity index (χ2v) is 4.78. The van der Waals surface area contributed by atoms with Gasteiger partial charge in [-0.05, 0) is 31.5 Å². The zero-order valence-electron chi connectivity index (χ0n) is 8.60. The van der Waals surface area contributed by atoms with Gasteiger partial charge in [0.15, 0.2) is 0 Å². The molecule has 1 aromatic carbocycles. The van der Waals surface area contributed by atoms with E-state index in [1.54, 1.807) is 24.3 Å². The maximum absolute atomic E-state index is 12.7. The van der Waals surface area contributed by atoms with Crippen molar-refractivity contribution in [3.05, 3.63) is 29.8 Å². The number of rotatable bonds is 4. The molecule has 0 radical (unpaired) electrons. The zero-order chi connectivity index (χ0) is 11.5. The van der Waals surface area contributed by atoms with Gasteiger partial charge < -0.3 is 4.74 Å². The van der Waals surface area contributed by atoms with Gasteiger partial charge in [0.05, 0.1) is 6.61 Å². The predicted octanol–water partition coefficient (Wildman–Crippen LogP) is 2.45. The molecule has 84 valence electrons. The van der Waals surface area contributed by atoms with E-state index in [1.165, 1.54) is 6.92 Å². The van der Waals surface area contributed by atoms with Crippen molar-refractivity contribution in [1.29, 1.82) is 0 Å². The highest BCUT2D eigenvalue weighted by Gasteiger charge is 2.21. The highest BCUT2D eigenvalue weighted by molar-refractivity contribution is 7.86. The fraction of sp³-hybridized carbons (Fsp3) is 0.400. The van der Waals surface area contributed by atoms with Crippen LogP contribution >= 0.6 is 0 Å². The average molecular weight is 232 g/mol. The van der Waals surface area contributed by atoms with Gasteiger partial charge in [-0.3, -0.25) is 0 Å². The first-order valence-electron chi connectivity index (χ1n) is 4.61. The van der Waals surface area contributed by atoms with Crippen LogP contribution in [-0.2, 0) is 10.2 Å². The Hall–Kier alpha value is -1.10. The molecule has 0 aliphatic heterocycles. The monoisotopic (exact) mass is 232 g/mol. The largest absolute Gasteiger partial charge is 0.494 e. The lowest BCUT2D eigenvalue weighted by Crippen LogP contribution is -2.03. The summed E-state index contributed by atoms with van der Waals surface area (Å²) in [6.07, 6.45) is 0. The predicted molar refractivity (Wildman–Crippen MR) is 56.1 cm³/mol. The molecule has 0 aliphatic rings. The Balaban J connectivity index is 2.89. The molecule has 0 amide bonds. The van der Waals surface area contributed by atoms with Gasteiger partial charge in [0.25, 0.3) is 0 Å². The molecule has 0 aromatic heterocycles. The summed E-state index contributed by atoms with van der Waals surface area (Å²) in [6, 6.07) is 6.35. The van der Waals surface area contributed by atoms with E-state index >= 15 is 0 Å². The molecule has 1 rings (SSSR count). The first kappa shape index (κ1) is 12.0. The molecular formula is C10H13FO3S. The molecule has 0 saturated carbocycles. The van der Waals surface area contributed by atoms with Crippen LogP contribution in [-0.4, -0.2) is 15.0 Å². The lowest BCUT2D eigenvalue weighted by atomic mass is 10.1. The molecule has 1 unspecified atom stereocenters. The van der Waals surface area contributed by atoms with Crippen molar-refractivity contribution < 1.29 is 17.0 Å². The molecular weight excluding hydrogens is 219 g/mol. The van der Waals surface area contributed by atoms with Crippen LogP contribution in [0.2, 0.25) is 0 Å². The van der Waals surface area contributed by atoms with E-state index in [9.17, 15) is 12.3 Å². The standard InChI is InChI=1S/C10H13FO3S/c1-3-14-10-6-4-9(5-7-10)8(2)15(11,12)13/h4-8H,3H2,1-2H3. The van der Waals surface area contributed by atoms with Crippen molar-refractivity contribution in [3.63, 3.8) is 0 Å². The molecule has 0 aliphatic carbocycles. The Morgan fingerprint density at radius 3 is 2.27 bits per heavy atom. The topological polar surface area (TPSA) is 43.4 Å². The Bertz CT molecular complexity index is 411. The van der Waals surface area contributed by atoms with Crippen LogP contribution in [0.15, 0.2) is 24.3 Å². The van der Waals surface area contributed by atoms with Crippen LogP contribution in [0.4, 0.5) is 3.89 Å². The van der Waals surface area contributed by atoms with Crippen molar-refractivity contribution >= 4 is 10.2 Å². The van der Waals surface area contributed by atoms with Crippen molar-refractivity contribution in [3.8, 4) is 5.75 Å². The van der Waals surface area contributed by atoms with Crippen LogP contribution in [0, 0.1) is 0 Å². The van der Waals surface area contributed by atoms with E-state index in [1.807, 2.05) is 6.92 Å². The smallest absolute Gasteiger partial charge is 0.309 e. The summed E-state index contributed by atoms with van der Waals surface area (Å²) < 4.78 is 39.1. The molecule has 15 heavy (non-hydrogen) atoms. The average Bonchev–Trinajstić information content (AvgIpc) is 2.17. The van der Waals surface area contributed by atoms with E-state index in [4.69, 9.17) is 4.74 Å². The summed E-state index contributed by atoms with van der Waals surface area (Å²) >= 11 is 0. The van der Waals surface area contributed by atoms with Gasteiger partial charge in [-0.15, -0.1) is 3.89 Å². The zero-order valence-corrected chi connectivity index (χ0v) is 9.42. The lowest BCUT2D eigenvalue weighted by Gasteiger charge is -2.08. The van der Waals surface area contributed by atoms with Crippen molar-refractivity contribution in [2.45, 2.75) is 19.1 Å². The fourth-order valence-electron chi connectivity index (χ4n) is 1.16. The Labute approximate surface area is 89.1 Å².